The highest BCUT2D eigenvalue weighted by Gasteiger charge is 2.31. The Morgan fingerprint density at radius 1 is 1.12 bits per heavy atom. The molecule has 0 N–H and O–H groups in total. The Labute approximate surface area is 105 Å². The highest BCUT2D eigenvalue weighted by Crippen LogP contribution is 2.37. The van der Waals surface area contributed by atoms with E-state index in [2.05, 4.69) is 25.7 Å². The summed E-state index contributed by atoms with van der Waals surface area (Å²) in [5.41, 5.74) is 2.62. The molecule has 1 aromatic rings. The zero-order valence-electron chi connectivity index (χ0n) is 10.9. The molecule has 17 heavy (non-hydrogen) atoms. The molecule has 2 rings (SSSR count). The van der Waals surface area contributed by atoms with Crippen molar-refractivity contribution in [3.05, 3.63) is 42.0 Å². The van der Waals surface area contributed by atoms with E-state index in [4.69, 9.17) is 0 Å². The number of ketones is 1. The molecular formula is C15H20OSi. The van der Waals surface area contributed by atoms with E-state index in [0.717, 1.165) is 24.0 Å². The molecule has 0 spiro atoms. The maximum absolute atomic E-state index is 12.2. The maximum Gasteiger partial charge on any atom is 0.163 e. The van der Waals surface area contributed by atoms with Gasteiger partial charge in [0.05, 0.1) is 0 Å². The quantitative estimate of drug-likeness (QED) is 0.715. The molecule has 90 valence electrons. The average molecular weight is 244 g/mol. The fraction of sp³-hybridized carbons (Fsp3) is 0.400. The lowest BCUT2D eigenvalue weighted by Crippen LogP contribution is -2.31. The van der Waals surface area contributed by atoms with Crippen molar-refractivity contribution in [3.8, 4) is 0 Å². The van der Waals surface area contributed by atoms with Crippen LogP contribution in [0.15, 0.2) is 36.4 Å². The first-order valence-electron chi connectivity index (χ1n) is 6.27. The van der Waals surface area contributed by atoms with Crippen LogP contribution >= 0.6 is 0 Å². The van der Waals surface area contributed by atoms with Crippen LogP contribution in [0.1, 0.15) is 18.4 Å². The van der Waals surface area contributed by atoms with E-state index in [1.165, 1.54) is 0 Å². The van der Waals surface area contributed by atoms with Crippen molar-refractivity contribution in [1.82, 2.24) is 0 Å². The minimum Gasteiger partial charge on any atom is -0.294 e. The number of benzene rings is 1. The maximum atomic E-state index is 12.2. The number of allylic oxidation sites excluding steroid dienone is 2. The molecule has 0 unspecified atom stereocenters. The SMILES string of the molecule is C[Si](C)(C)[C@@H]1CC=C(c2ccccc2)C(=O)C1. The number of hydrogen-bond donors (Lipinski definition) is 0. The van der Waals surface area contributed by atoms with Gasteiger partial charge in [-0.25, -0.2) is 0 Å². The van der Waals surface area contributed by atoms with Gasteiger partial charge in [0.2, 0.25) is 0 Å². The molecule has 0 heterocycles. The van der Waals surface area contributed by atoms with E-state index in [1.54, 1.807) is 0 Å². The second-order valence-corrected chi connectivity index (χ2v) is 11.5. The number of rotatable bonds is 2. The van der Waals surface area contributed by atoms with Gasteiger partial charge < -0.3 is 0 Å². The van der Waals surface area contributed by atoms with Crippen LogP contribution < -0.4 is 0 Å². The van der Waals surface area contributed by atoms with E-state index < -0.39 is 8.07 Å². The second kappa shape index (κ2) is 4.61. The Morgan fingerprint density at radius 3 is 2.29 bits per heavy atom. The van der Waals surface area contributed by atoms with Crippen LogP contribution in [0.25, 0.3) is 5.57 Å². The molecule has 0 fully saturated rings. The molecular weight excluding hydrogens is 224 g/mol. The molecule has 2 heteroatoms. The molecule has 1 atom stereocenters. The topological polar surface area (TPSA) is 17.1 Å². The fourth-order valence-corrected chi connectivity index (χ4v) is 3.97. The molecule has 0 amide bonds. The van der Waals surface area contributed by atoms with E-state index >= 15 is 0 Å². The molecule has 0 saturated heterocycles. The van der Waals surface area contributed by atoms with Crippen LogP contribution in [0.3, 0.4) is 0 Å². The van der Waals surface area contributed by atoms with Crippen molar-refractivity contribution in [3.63, 3.8) is 0 Å². The number of carbonyl (C=O) groups is 1. The number of hydrogen-bond acceptors (Lipinski definition) is 1. The number of Topliss-reactive ketones (excluding diaryl/α,β-unsaturated/α-hetero) is 1. The molecule has 1 aliphatic carbocycles. The van der Waals surface area contributed by atoms with Gasteiger partial charge in [-0.3, -0.25) is 4.79 Å². The molecule has 1 aromatic carbocycles. The summed E-state index contributed by atoms with van der Waals surface area (Å²) < 4.78 is 0. The fourth-order valence-electron chi connectivity index (χ4n) is 2.35. The van der Waals surface area contributed by atoms with Crippen molar-refractivity contribution >= 4 is 19.4 Å². The monoisotopic (exact) mass is 244 g/mol. The first-order valence-corrected chi connectivity index (χ1v) is 9.85. The summed E-state index contributed by atoms with van der Waals surface area (Å²) in [6, 6.07) is 10.0. The van der Waals surface area contributed by atoms with Gasteiger partial charge in [-0.05, 0) is 17.5 Å². The van der Waals surface area contributed by atoms with E-state index in [-0.39, 0.29) is 0 Å². The lowest BCUT2D eigenvalue weighted by molar-refractivity contribution is -0.114. The largest absolute Gasteiger partial charge is 0.294 e. The van der Waals surface area contributed by atoms with Crippen molar-refractivity contribution in [2.24, 2.45) is 0 Å². The van der Waals surface area contributed by atoms with Crippen molar-refractivity contribution in [2.75, 3.05) is 0 Å². The molecule has 0 aliphatic heterocycles. The minimum atomic E-state index is -1.19. The van der Waals surface area contributed by atoms with Gasteiger partial charge in [-0.2, -0.15) is 0 Å². The second-order valence-electron chi connectivity index (χ2n) is 5.91. The van der Waals surface area contributed by atoms with Crippen LogP contribution in [0.5, 0.6) is 0 Å². The summed E-state index contributed by atoms with van der Waals surface area (Å²) in [7, 11) is -1.19. The predicted octanol–water partition coefficient (Wildman–Crippen LogP) is 4.14. The summed E-state index contributed by atoms with van der Waals surface area (Å²) in [6.07, 6.45) is 3.98. The Hall–Kier alpha value is -1.15. The summed E-state index contributed by atoms with van der Waals surface area (Å²) in [6.45, 7) is 7.06. The van der Waals surface area contributed by atoms with Crippen molar-refractivity contribution in [1.29, 1.82) is 0 Å². The molecule has 0 radical (unpaired) electrons. The summed E-state index contributed by atoms with van der Waals surface area (Å²) in [5, 5.41) is 0. The van der Waals surface area contributed by atoms with Gasteiger partial charge in [0.1, 0.15) is 0 Å². The minimum absolute atomic E-state index is 0.329. The zero-order valence-corrected chi connectivity index (χ0v) is 11.9. The molecule has 1 nitrogen and oxygen atoms in total. The third-order valence-electron chi connectivity index (χ3n) is 3.65. The van der Waals surface area contributed by atoms with Crippen LogP contribution in [-0.4, -0.2) is 13.9 Å². The summed E-state index contributed by atoms with van der Waals surface area (Å²) >= 11 is 0. The van der Waals surface area contributed by atoms with Gasteiger partial charge in [0.25, 0.3) is 0 Å². The van der Waals surface area contributed by atoms with Crippen LogP contribution in [0.2, 0.25) is 25.2 Å². The van der Waals surface area contributed by atoms with E-state index in [1.807, 2.05) is 30.3 Å². The highest BCUT2D eigenvalue weighted by molar-refractivity contribution is 6.78. The van der Waals surface area contributed by atoms with Crippen LogP contribution in [-0.2, 0) is 4.79 Å². The zero-order chi connectivity index (χ0) is 12.5. The van der Waals surface area contributed by atoms with E-state index in [9.17, 15) is 4.79 Å². The Balaban J connectivity index is 2.23. The van der Waals surface area contributed by atoms with E-state index in [0.29, 0.717) is 11.3 Å². The smallest absolute Gasteiger partial charge is 0.163 e. The first kappa shape index (κ1) is 12.3. The van der Waals surface area contributed by atoms with Gasteiger partial charge >= 0.3 is 0 Å². The summed E-state index contributed by atoms with van der Waals surface area (Å²) in [5.74, 6) is 0.329. The van der Waals surface area contributed by atoms with Gasteiger partial charge in [0, 0.05) is 20.1 Å². The lowest BCUT2D eigenvalue weighted by Gasteiger charge is -2.31. The Kier molecular flexibility index (Phi) is 3.34. The predicted molar refractivity (Wildman–Crippen MR) is 75.8 cm³/mol. The third kappa shape index (κ3) is 2.75. The molecule has 0 bridgehead atoms. The van der Waals surface area contributed by atoms with Crippen LogP contribution in [0.4, 0.5) is 0 Å². The Bertz CT molecular complexity index is 440. The summed E-state index contributed by atoms with van der Waals surface area (Å²) in [4.78, 5) is 12.2. The van der Waals surface area contributed by atoms with Crippen molar-refractivity contribution < 1.29 is 4.79 Å². The third-order valence-corrected chi connectivity index (χ3v) is 6.54. The average Bonchev–Trinajstić information content (AvgIpc) is 2.29. The molecule has 1 aliphatic rings. The van der Waals surface area contributed by atoms with Crippen molar-refractivity contribution in [2.45, 2.75) is 38.0 Å². The van der Waals surface area contributed by atoms with Gasteiger partial charge in [-0.1, -0.05) is 56.0 Å². The van der Waals surface area contributed by atoms with Crippen LogP contribution in [0, 0.1) is 0 Å². The highest BCUT2D eigenvalue weighted by atomic mass is 28.3. The normalized spacial score (nSPS) is 21.2. The standard InChI is InChI=1S/C15H20OSi/c1-17(2,3)13-9-10-14(15(16)11-13)12-7-5-4-6-8-12/h4-8,10,13H,9,11H2,1-3H3/t13-/m1/s1. The lowest BCUT2D eigenvalue weighted by atomic mass is 9.92. The number of carbonyl (C=O) groups excluding carboxylic acids is 1. The van der Waals surface area contributed by atoms with Gasteiger partial charge in [-0.15, -0.1) is 0 Å². The first-order chi connectivity index (χ1) is 7.98. The molecule has 0 aromatic heterocycles. The molecule has 0 saturated carbocycles. The Morgan fingerprint density at radius 2 is 1.76 bits per heavy atom. The van der Waals surface area contributed by atoms with Gasteiger partial charge in [0.15, 0.2) is 5.78 Å².